The van der Waals surface area contributed by atoms with Gasteiger partial charge in [-0.2, -0.15) is 0 Å². The molecule has 0 saturated carbocycles. The van der Waals surface area contributed by atoms with Crippen molar-refractivity contribution in [3.63, 3.8) is 0 Å². The molecule has 31 heavy (non-hydrogen) atoms. The Kier molecular flexibility index (Phi) is 8.67. The molecule has 0 unspecified atom stereocenters. The van der Waals surface area contributed by atoms with Gasteiger partial charge in [-0.05, 0) is 54.8 Å². The van der Waals surface area contributed by atoms with Crippen molar-refractivity contribution in [1.29, 1.82) is 0 Å². The molecule has 0 aliphatic rings. The van der Waals surface area contributed by atoms with Gasteiger partial charge in [0.25, 0.3) is 0 Å². The number of rotatable bonds is 11. The third kappa shape index (κ3) is 6.18. The van der Waals surface area contributed by atoms with Crippen molar-refractivity contribution < 1.29 is 4.57 Å². The van der Waals surface area contributed by atoms with Crippen molar-refractivity contribution in [3.8, 4) is 0 Å². The van der Waals surface area contributed by atoms with E-state index >= 15 is 0 Å². The third-order valence-electron chi connectivity index (χ3n) is 5.40. The lowest BCUT2D eigenvalue weighted by atomic mass is 10.2. The maximum absolute atomic E-state index is 14.0. The minimum absolute atomic E-state index is 0.749. The summed E-state index contributed by atoms with van der Waals surface area (Å²) in [5.41, 5.74) is 2.20. The third-order valence-corrected chi connectivity index (χ3v) is 7.84. The molecule has 3 aromatic carbocycles. The predicted molar refractivity (Wildman–Crippen MR) is 136 cm³/mol. The standard InChI is InChI=1S/C27H33N2OP/c1-3-5-21-29(22-6-4-2)25-19-17-24(18-20-25)23-28-31(30,26-13-9-7-10-14-26)27-15-11-8-12-16-27/h7-20,23H,3-6,21-22H2,1-2H3. The summed E-state index contributed by atoms with van der Waals surface area (Å²) < 4.78 is 18.7. The van der Waals surface area contributed by atoms with Crippen LogP contribution >= 0.6 is 7.29 Å². The smallest absolute Gasteiger partial charge is 0.247 e. The van der Waals surface area contributed by atoms with Crippen molar-refractivity contribution in [2.45, 2.75) is 39.5 Å². The maximum atomic E-state index is 14.0. The molecular weight excluding hydrogens is 399 g/mol. The molecule has 0 amide bonds. The van der Waals surface area contributed by atoms with E-state index < -0.39 is 7.29 Å². The Bertz CT molecular complexity index is 933. The first-order valence-corrected chi connectivity index (χ1v) is 12.9. The number of hydrogen-bond acceptors (Lipinski definition) is 2. The molecule has 162 valence electrons. The molecule has 0 aliphatic heterocycles. The van der Waals surface area contributed by atoms with Crippen LogP contribution in [-0.2, 0) is 4.57 Å². The average Bonchev–Trinajstić information content (AvgIpc) is 2.84. The van der Waals surface area contributed by atoms with E-state index in [1.54, 1.807) is 6.21 Å². The molecule has 0 aliphatic carbocycles. The molecule has 0 saturated heterocycles. The summed E-state index contributed by atoms with van der Waals surface area (Å²) in [4.78, 5) is 2.47. The molecule has 0 spiro atoms. The van der Waals surface area contributed by atoms with Crippen LogP contribution in [0.1, 0.15) is 45.1 Å². The van der Waals surface area contributed by atoms with Gasteiger partial charge in [0, 0.05) is 35.6 Å². The summed E-state index contributed by atoms with van der Waals surface area (Å²) in [7, 11) is -3.09. The summed E-state index contributed by atoms with van der Waals surface area (Å²) in [5, 5.41) is 1.50. The maximum Gasteiger partial charge on any atom is 0.247 e. The van der Waals surface area contributed by atoms with E-state index in [4.69, 9.17) is 0 Å². The first kappa shape index (κ1) is 23.0. The normalized spacial score (nSPS) is 11.7. The zero-order chi connectivity index (χ0) is 21.9. The van der Waals surface area contributed by atoms with Crippen molar-refractivity contribution in [2.24, 2.45) is 4.76 Å². The molecule has 3 rings (SSSR count). The van der Waals surface area contributed by atoms with Gasteiger partial charge in [0.05, 0.1) is 0 Å². The molecule has 4 heteroatoms. The summed E-state index contributed by atoms with van der Waals surface area (Å²) in [6.07, 6.45) is 6.55. The van der Waals surface area contributed by atoms with Gasteiger partial charge in [0.1, 0.15) is 0 Å². The van der Waals surface area contributed by atoms with Crippen molar-refractivity contribution >= 4 is 29.8 Å². The van der Waals surface area contributed by atoms with Gasteiger partial charge in [0.2, 0.25) is 7.29 Å². The fraction of sp³-hybridized carbons (Fsp3) is 0.296. The molecule has 0 bridgehead atoms. The second-order valence-electron chi connectivity index (χ2n) is 7.78. The van der Waals surface area contributed by atoms with Crippen LogP contribution in [0.15, 0.2) is 89.7 Å². The van der Waals surface area contributed by atoms with Crippen molar-refractivity contribution in [1.82, 2.24) is 0 Å². The first-order chi connectivity index (χ1) is 15.2. The molecule has 0 aromatic heterocycles. The lowest BCUT2D eigenvalue weighted by Crippen LogP contribution is -2.25. The lowest BCUT2D eigenvalue weighted by Gasteiger charge is -2.24. The molecular formula is C27H33N2OP. The van der Waals surface area contributed by atoms with Gasteiger partial charge in [-0.15, -0.1) is 0 Å². The van der Waals surface area contributed by atoms with Crippen LogP contribution in [0.5, 0.6) is 0 Å². The molecule has 0 N–H and O–H groups in total. The van der Waals surface area contributed by atoms with Crippen LogP contribution in [0.2, 0.25) is 0 Å². The van der Waals surface area contributed by atoms with Crippen LogP contribution in [-0.4, -0.2) is 19.3 Å². The SMILES string of the molecule is CCCCN(CCCC)c1ccc(C=NP(=O)(c2ccccc2)c2ccccc2)cc1. The number of nitrogens with zero attached hydrogens (tertiary/aromatic N) is 2. The highest BCUT2D eigenvalue weighted by Crippen LogP contribution is 2.44. The Labute approximate surface area is 187 Å². The van der Waals surface area contributed by atoms with Crippen LogP contribution in [0, 0.1) is 0 Å². The fourth-order valence-corrected chi connectivity index (χ4v) is 5.54. The second kappa shape index (κ2) is 11.7. The zero-order valence-corrected chi connectivity index (χ0v) is 19.5. The first-order valence-electron chi connectivity index (χ1n) is 11.3. The van der Waals surface area contributed by atoms with E-state index in [1.165, 1.54) is 31.4 Å². The number of benzene rings is 3. The van der Waals surface area contributed by atoms with Gasteiger partial charge in [-0.3, -0.25) is 4.57 Å². The van der Waals surface area contributed by atoms with E-state index in [0.717, 1.165) is 29.3 Å². The summed E-state index contributed by atoms with van der Waals surface area (Å²) in [6.45, 7) is 6.63. The zero-order valence-electron chi connectivity index (χ0n) is 18.7. The fourth-order valence-electron chi connectivity index (χ4n) is 3.53. The summed E-state index contributed by atoms with van der Waals surface area (Å²) in [5.74, 6) is 0. The second-order valence-corrected chi connectivity index (χ2v) is 10.2. The Balaban J connectivity index is 1.85. The number of unbranched alkanes of at least 4 members (excludes halogenated alkanes) is 2. The summed E-state index contributed by atoms with van der Waals surface area (Å²) in [6, 6.07) is 27.6. The molecule has 0 heterocycles. The van der Waals surface area contributed by atoms with E-state index in [2.05, 4.69) is 47.8 Å². The predicted octanol–water partition coefficient (Wildman–Crippen LogP) is 6.44. The highest BCUT2D eigenvalue weighted by Gasteiger charge is 2.25. The highest BCUT2D eigenvalue weighted by molar-refractivity contribution is 7.77. The topological polar surface area (TPSA) is 32.7 Å². The summed E-state index contributed by atoms with van der Waals surface area (Å²) >= 11 is 0. The Morgan fingerprint density at radius 3 is 1.68 bits per heavy atom. The van der Waals surface area contributed by atoms with Gasteiger partial charge >= 0.3 is 0 Å². The molecule has 3 aromatic rings. The number of hydrogen-bond donors (Lipinski definition) is 0. The average molecular weight is 433 g/mol. The monoisotopic (exact) mass is 432 g/mol. The Hall–Kier alpha value is -2.64. The van der Waals surface area contributed by atoms with E-state index in [1.807, 2.05) is 60.7 Å². The number of anilines is 1. The lowest BCUT2D eigenvalue weighted by molar-refractivity contribution is 0.588. The molecule has 0 fully saturated rings. The van der Waals surface area contributed by atoms with Crippen LogP contribution < -0.4 is 15.5 Å². The van der Waals surface area contributed by atoms with Crippen molar-refractivity contribution in [3.05, 3.63) is 90.5 Å². The van der Waals surface area contributed by atoms with Crippen LogP contribution in [0.3, 0.4) is 0 Å². The highest BCUT2D eigenvalue weighted by atomic mass is 31.2. The Morgan fingerprint density at radius 2 is 1.23 bits per heavy atom. The van der Waals surface area contributed by atoms with E-state index in [0.29, 0.717) is 0 Å². The minimum Gasteiger partial charge on any atom is -0.372 e. The van der Waals surface area contributed by atoms with E-state index in [9.17, 15) is 4.57 Å². The van der Waals surface area contributed by atoms with Crippen molar-refractivity contribution in [2.75, 3.05) is 18.0 Å². The Morgan fingerprint density at radius 1 is 0.742 bits per heavy atom. The van der Waals surface area contributed by atoms with Gasteiger partial charge in [-0.25, -0.2) is 4.76 Å². The van der Waals surface area contributed by atoms with Gasteiger partial charge in [-0.1, -0.05) is 75.2 Å². The van der Waals surface area contributed by atoms with Gasteiger partial charge < -0.3 is 4.90 Å². The molecule has 0 atom stereocenters. The minimum atomic E-state index is -3.09. The molecule has 3 nitrogen and oxygen atoms in total. The van der Waals surface area contributed by atoms with E-state index in [-0.39, 0.29) is 0 Å². The largest absolute Gasteiger partial charge is 0.372 e. The quantitative estimate of drug-likeness (QED) is 0.258. The van der Waals surface area contributed by atoms with Crippen LogP contribution in [0.25, 0.3) is 0 Å². The van der Waals surface area contributed by atoms with Crippen LogP contribution in [0.4, 0.5) is 5.69 Å². The molecule has 0 radical (unpaired) electrons. The van der Waals surface area contributed by atoms with Gasteiger partial charge in [0.15, 0.2) is 0 Å².